The standard InChI is InChI=1S/C44H86O5/c1-4-5-6-7-8-9-10-11-12-13-14-15-16-19-23-26-29-32-35-38-44(47)49-42(39-45)40-48-43(46)37-34-31-28-25-22-20-17-18-21-24-27-30-33-36-41(2)3/h41-42,45H,4-40H2,1-3H3/t42-/m0/s1. The predicted molar refractivity (Wildman–Crippen MR) is 210 cm³/mol. The number of aliphatic hydroxyl groups is 1. The number of hydrogen-bond donors (Lipinski definition) is 1. The fraction of sp³-hybridized carbons (Fsp3) is 0.955. The lowest BCUT2D eigenvalue weighted by Gasteiger charge is -2.15. The molecule has 0 aromatic rings. The Morgan fingerprint density at radius 3 is 1.08 bits per heavy atom. The Labute approximate surface area is 306 Å². The second-order valence-corrected chi connectivity index (χ2v) is 15.6. The molecule has 5 heteroatoms. The van der Waals surface area contributed by atoms with E-state index in [-0.39, 0.29) is 25.2 Å². The van der Waals surface area contributed by atoms with Crippen molar-refractivity contribution in [3.05, 3.63) is 0 Å². The molecule has 0 aromatic carbocycles. The van der Waals surface area contributed by atoms with Crippen molar-refractivity contribution >= 4 is 11.9 Å². The fourth-order valence-electron chi connectivity index (χ4n) is 6.74. The van der Waals surface area contributed by atoms with E-state index in [2.05, 4.69) is 20.8 Å². The number of carbonyl (C=O) groups is 2. The number of unbranched alkanes of at least 4 members (excludes halogenated alkanes) is 30. The van der Waals surface area contributed by atoms with Crippen LogP contribution in [0.5, 0.6) is 0 Å². The SMILES string of the molecule is CCCCCCCCCCCCCCCCCCCCCC(=O)O[C@@H](CO)COC(=O)CCCCCCCCCCCCCCCC(C)C. The van der Waals surface area contributed by atoms with E-state index < -0.39 is 6.10 Å². The molecule has 0 radical (unpaired) electrons. The highest BCUT2D eigenvalue weighted by Crippen LogP contribution is 2.17. The van der Waals surface area contributed by atoms with Gasteiger partial charge in [-0.3, -0.25) is 9.59 Å². The van der Waals surface area contributed by atoms with Crippen molar-refractivity contribution in [2.75, 3.05) is 13.2 Å². The Morgan fingerprint density at radius 2 is 0.755 bits per heavy atom. The van der Waals surface area contributed by atoms with Crippen LogP contribution in [0.4, 0.5) is 0 Å². The molecule has 0 rings (SSSR count). The van der Waals surface area contributed by atoms with Crippen LogP contribution in [0.2, 0.25) is 0 Å². The summed E-state index contributed by atoms with van der Waals surface area (Å²) < 4.78 is 10.6. The van der Waals surface area contributed by atoms with Gasteiger partial charge in [-0.15, -0.1) is 0 Å². The smallest absolute Gasteiger partial charge is 0.306 e. The normalized spacial score (nSPS) is 12.1. The van der Waals surface area contributed by atoms with E-state index in [0.29, 0.717) is 12.8 Å². The van der Waals surface area contributed by atoms with E-state index in [1.54, 1.807) is 0 Å². The summed E-state index contributed by atoms with van der Waals surface area (Å²) in [7, 11) is 0. The first-order chi connectivity index (χ1) is 24.0. The van der Waals surface area contributed by atoms with Gasteiger partial charge in [0, 0.05) is 12.8 Å². The maximum absolute atomic E-state index is 12.2. The summed E-state index contributed by atoms with van der Waals surface area (Å²) in [4.78, 5) is 24.3. The van der Waals surface area contributed by atoms with Gasteiger partial charge in [0.2, 0.25) is 0 Å². The average molecular weight is 695 g/mol. The van der Waals surface area contributed by atoms with Gasteiger partial charge in [-0.1, -0.05) is 220 Å². The summed E-state index contributed by atoms with van der Waals surface area (Å²) in [5.41, 5.74) is 0. The van der Waals surface area contributed by atoms with Crippen LogP contribution in [0, 0.1) is 5.92 Å². The number of carbonyl (C=O) groups excluding carboxylic acids is 2. The topological polar surface area (TPSA) is 72.8 Å². The molecule has 0 aliphatic rings. The highest BCUT2D eigenvalue weighted by molar-refractivity contribution is 5.70. The molecule has 1 N–H and O–H groups in total. The molecule has 0 saturated carbocycles. The van der Waals surface area contributed by atoms with Gasteiger partial charge >= 0.3 is 11.9 Å². The van der Waals surface area contributed by atoms with Gasteiger partial charge in [0.25, 0.3) is 0 Å². The minimum atomic E-state index is -0.762. The summed E-state index contributed by atoms with van der Waals surface area (Å²) in [6, 6.07) is 0. The largest absolute Gasteiger partial charge is 0.462 e. The molecule has 0 saturated heterocycles. The Balaban J connectivity index is 3.46. The lowest BCUT2D eigenvalue weighted by Crippen LogP contribution is -2.28. The van der Waals surface area contributed by atoms with Crippen molar-refractivity contribution in [3.8, 4) is 0 Å². The zero-order chi connectivity index (χ0) is 35.9. The molecule has 0 fully saturated rings. The van der Waals surface area contributed by atoms with Gasteiger partial charge in [0.1, 0.15) is 6.61 Å². The molecule has 49 heavy (non-hydrogen) atoms. The number of esters is 2. The fourth-order valence-corrected chi connectivity index (χ4v) is 6.74. The zero-order valence-electron chi connectivity index (χ0n) is 33.4. The summed E-state index contributed by atoms with van der Waals surface area (Å²) in [6.07, 6.45) is 43.2. The van der Waals surface area contributed by atoms with Crippen LogP contribution in [0.15, 0.2) is 0 Å². The molecule has 0 aliphatic heterocycles. The first-order valence-corrected chi connectivity index (χ1v) is 22.0. The van der Waals surface area contributed by atoms with Crippen LogP contribution < -0.4 is 0 Å². The third-order valence-corrected chi connectivity index (χ3v) is 10.1. The summed E-state index contributed by atoms with van der Waals surface area (Å²) in [5, 5.41) is 9.58. The average Bonchev–Trinajstić information content (AvgIpc) is 3.09. The molecule has 0 aromatic heterocycles. The third-order valence-electron chi connectivity index (χ3n) is 10.1. The van der Waals surface area contributed by atoms with Crippen molar-refractivity contribution < 1.29 is 24.2 Å². The number of ether oxygens (including phenoxy) is 2. The Morgan fingerprint density at radius 1 is 0.449 bits per heavy atom. The van der Waals surface area contributed by atoms with Gasteiger partial charge in [0.15, 0.2) is 6.10 Å². The lowest BCUT2D eigenvalue weighted by atomic mass is 10.0. The van der Waals surface area contributed by atoms with E-state index in [1.807, 2.05) is 0 Å². The monoisotopic (exact) mass is 695 g/mol. The molecule has 0 amide bonds. The number of aliphatic hydroxyl groups excluding tert-OH is 1. The van der Waals surface area contributed by atoms with Crippen LogP contribution in [0.1, 0.15) is 245 Å². The Kier molecular flexibility index (Phi) is 38.8. The van der Waals surface area contributed by atoms with Crippen molar-refractivity contribution in [1.29, 1.82) is 0 Å². The summed E-state index contributed by atoms with van der Waals surface area (Å²) in [6.45, 7) is 6.53. The molecule has 0 spiro atoms. The quantitative estimate of drug-likeness (QED) is 0.0510. The molecule has 0 aliphatic carbocycles. The number of hydrogen-bond acceptors (Lipinski definition) is 5. The molecular weight excluding hydrogens is 608 g/mol. The van der Waals surface area contributed by atoms with E-state index in [4.69, 9.17) is 9.47 Å². The van der Waals surface area contributed by atoms with Crippen molar-refractivity contribution in [2.45, 2.75) is 252 Å². The molecule has 1 atom stereocenters. The van der Waals surface area contributed by atoms with Gasteiger partial charge < -0.3 is 14.6 Å². The van der Waals surface area contributed by atoms with Crippen molar-refractivity contribution in [2.24, 2.45) is 5.92 Å². The maximum Gasteiger partial charge on any atom is 0.306 e. The van der Waals surface area contributed by atoms with E-state index in [9.17, 15) is 14.7 Å². The Hall–Kier alpha value is -1.10. The molecule has 0 bridgehead atoms. The molecule has 5 nitrogen and oxygen atoms in total. The minimum Gasteiger partial charge on any atom is -0.462 e. The Bertz CT molecular complexity index is 678. The van der Waals surface area contributed by atoms with Gasteiger partial charge in [-0.2, -0.15) is 0 Å². The van der Waals surface area contributed by atoms with Crippen molar-refractivity contribution in [3.63, 3.8) is 0 Å². The van der Waals surface area contributed by atoms with Crippen LogP contribution in [0.25, 0.3) is 0 Å². The van der Waals surface area contributed by atoms with Gasteiger partial charge in [-0.25, -0.2) is 0 Å². The van der Waals surface area contributed by atoms with E-state index in [1.165, 1.54) is 180 Å². The highest BCUT2D eigenvalue weighted by atomic mass is 16.6. The maximum atomic E-state index is 12.2. The second-order valence-electron chi connectivity index (χ2n) is 15.6. The third kappa shape index (κ3) is 39.5. The highest BCUT2D eigenvalue weighted by Gasteiger charge is 2.16. The first kappa shape index (κ1) is 47.9. The zero-order valence-corrected chi connectivity index (χ0v) is 33.4. The van der Waals surface area contributed by atoms with Crippen LogP contribution in [0.3, 0.4) is 0 Å². The molecule has 0 unspecified atom stereocenters. The van der Waals surface area contributed by atoms with E-state index >= 15 is 0 Å². The molecule has 0 heterocycles. The van der Waals surface area contributed by atoms with Crippen LogP contribution >= 0.6 is 0 Å². The molecule has 292 valence electrons. The van der Waals surface area contributed by atoms with Gasteiger partial charge in [-0.05, 0) is 18.8 Å². The summed E-state index contributed by atoms with van der Waals surface area (Å²) >= 11 is 0. The molecular formula is C44H86O5. The summed E-state index contributed by atoms with van der Waals surface area (Å²) in [5.74, 6) is 0.274. The van der Waals surface area contributed by atoms with Crippen molar-refractivity contribution in [1.82, 2.24) is 0 Å². The second kappa shape index (κ2) is 39.7. The van der Waals surface area contributed by atoms with Gasteiger partial charge in [0.05, 0.1) is 6.61 Å². The lowest BCUT2D eigenvalue weighted by molar-refractivity contribution is -0.161. The van der Waals surface area contributed by atoms with Crippen LogP contribution in [-0.4, -0.2) is 36.4 Å². The van der Waals surface area contributed by atoms with E-state index in [0.717, 1.165) is 38.0 Å². The minimum absolute atomic E-state index is 0.0573. The first-order valence-electron chi connectivity index (χ1n) is 22.0. The predicted octanol–water partition coefficient (Wildman–Crippen LogP) is 13.8. The van der Waals surface area contributed by atoms with Crippen LogP contribution in [-0.2, 0) is 19.1 Å². The number of rotatable bonds is 40.